The third-order valence-electron chi connectivity index (χ3n) is 2.24. The third-order valence-corrected chi connectivity index (χ3v) is 2.24. The Hall–Kier alpha value is -0.830. The second-order valence-corrected chi connectivity index (χ2v) is 4.01. The van der Waals surface area contributed by atoms with Crippen LogP contribution in [0.5, 0.6) is 0 Å². The van der Waals surface area contributed by atoms with E-state index in [1.807, 2.05) is 6.08 Å². The molecule has 0 saturated carbocycles. The van der Waals surface area contributed by atoms with Gasteiger partial charge in [-0.05, 0) is 32.1 Å². The van der Waals surface area contributed by atoms with Gasteiger partial charge in [0, 0.05) is 0 Å². The fourth-order valence-corrected chi connectivity index (χ4v) is 1.21. The quantitative estimate of drug-likeness (QED) is 0.481. The Labute approximate surface area is 85.8 Å². The van der Waals surface area contributed by atoms with Crippen LogP contribution in [0.25, 0.3) is 0 Å². The summed E-state index contributed by atoms with van der Waals surface area (Å²) in [6.07, 6.45) is 4.44. The molecule has 2 unspecified atom stereocenters. The van der Waals surface area contributed by atoms with Crippen molar-refractivity contribution in [2.24, 2.45) is 5.92 Å². The number of hydrogen-bond acceptors (Lipinski definition) is 3. The smallest absolute Gasteiger partial charge is 0.293 e. The summed E-state index contributed by atoms with van der Waals surface area (Å²) in [4.78, 5) is 9.93. The molecule has 0 amide bonds. The largest absolute Gasteiger partial charge is 0.465 e. The maximum Gasteiger partial charge on any atom is 0.293 e. The lowest BCUT2D eigenvalue weighted by atomic mass is 9.96. The Balaban J connectivity index is 3.63. The number of allylic oxidation sites excluding steroid dienone is 1. The van der Waals surface area contributed by atoms with Crippen molar-refractivity contribution in [3.05, 3.63) is 12.7 Å². The van der Waals surface area contributed by atoms with Crippen LogP contribution in [0.15, 0.2) is 12.7 Å². The number of carbonyl (C=O) groups is 1. The molecule has 0 fully saturated rings. The normalized spacial score (nSPS) is 16.8. The van der Waals surface area contributed by atoms with E-state index in [1.165, 1.54) is 0 Å². The monoisotopic (exact) mass is 200 g/mol. The first kappa shape index (κ1) is 13.2. The van der Waals surface area contributed by atoms with Crippen LogP contribution in [0, 0.1) is 5.92 Å². The van der Waals surface area contributed by atoms with Crippen molar-refractivity contribution < 1.29 is 14.6 Å². The van der Waals surface area contributed by atoms with Crippen molar-refractivity contribution in [2.45, 2.75) is 38.7 Å². The fourth-order valence-electron chi connectivity index (χ4n) is 1.21. The van der Waals surface area contributed by atoms with Crippen LogP contribution in [-0.4, -0.2) is 23.8 Å². The summed E-state index contributed by atoms with van der Waals surface area (Å²) in [5.41, 5.74) is -0.901. The van der Waals surface area contributed by atoms with Crippen LogP contribution in [0.3, 0.4) is 0 Å². The molecule has 0 aromatic carbocycles. The molecule has 82 valence electrons. The third kappa shape index (κ3) is 6.66. The van der Waals surface area contributed by atoms with E-state index in [2.05, 4.69) is 18.2 Å². The Bertz CT molecular complexity index is 175. The maximum atomic E-state index is 9.93. The van der Waals surface area contributed by atoms with Crippen molar-refractivity contribution in [3.8, 4) is 0 Å². The van der Waals surface area contributed by atoms with Crippen molar-refractivity contribution in [2.75, 3.05) is 6.61 Å². The fraction of sp³-hybridized carbons (Fsp3) is 0.727. The summed E-state index contributed by atoms with van der Waals surface area (Å²) in [6, 6.07) is 0. The van der Waals surface area contributed by atoms with Gasteiger partial charge >= 0.3 is 0 Å². The zero-order valence-electron chi connectivity index (χ0n) is 9.03. The van der Waals surface area contributed by atoms with Crippen molar-refractivity contribution in [1.29, 1.82) is 0 Å². The minimum absolute atomic E-state index is 0.0684. The molecule has 0 rings (SSSR count). The Morgan fingerprint density at radius 2 is 2.29 bits per heavy atom. The standard InChI is InChI=1S/C11H20O3/c1-4-10(2)6-5-7-11(3,13)8-14-9-12/h4,9-10,13H,1,5-8H2,2-3H3. The number of ether oxygens (including phenoxy) is 1. The molecule has 3 heteroatoms. The van der Waals surface area contributed by atoms with Gasteiger partial charge in [0.25, 0.3) is 6.47 Å². The lowest BCUT2D eigenvalue weighted by Gasteiger charge is -2.21. The van der Waals surface area contributed by atoms with E-state index in [9.17, 15) is 9.90 Å². The Kier molecular flexibility index (Phi) is 6.21. The first-order chi connectivity index (χ1) is 6.52. The minimum atomic E-state index is -0.901. The lowest BCUT2D eigenvalue weighted by molar-refractivity contribution is -0.135. The summed E-state index contributed by atoms with van der Waals surface area (Å²) >= 11 is 0. The van der Waals surface area contributed by atoms with Crippen molar-refractivity contribution >= 4 is 6.47 Å². The van der Waals surface area contributed by atoms with Gasteiger partial charge in [-0.2, -0.15) is 0 Å². The van der Waals surface area contributed by atoms with Crippen LogP contribution in [0.2, 0.25) is 0 Å². The second kappa shape index (κ2) is 6.60. The zero-order valence-corrected chi connectivity index (χ0v) is 9.03. The van der Waals surface area contributed by atoms with Gasteiger partial charge in [-0.3, -0.25) is 4.79 Å². The van der Waals surface area contributed by atoms with Gasteiger partial charge in [-0.25, -0.2) is 0 Å². The molecular formula is C11H20O3. The number of aliphatic hydroxyl groups is 1. The molecule has 0 spiro atoms. The van der Waals surface area contributed by atoms with E-state index in [0.29, 0.717) is 18.8 Å². The van der Waals surface area contributed by atoms with E-state index in [4.69, 9.17) is 0 Å². The van der Waals surface area contributed by atoms with Crippen molar-refractivity contribution in [1.82, 2.24) is 0 Å². The van der Waals surface area contributed by atoms with Gasteiger partial charge in [-0.15, -0.1) is 6.58 Å². The highest BCUT2D eigenvalue weighted by Crippen LogP contribution is 2.17. The average Bonchev–Trinajstić information content (AvgIpc) is 2.14. The predicted molar refractivity (Wildman–Crippen MR) is 55.9 cm³/mol. The highest BCUT2D eigenvalue weighted by molar-refractivity contribution is 5.37. The number of rotatable bonds is 8. The first-order valence-electron chi connectivity index (χ1n) is 4.92. The highest BCUT2D eigenvalue weighted by atomic mass is 16.5. The first-order valence-corrected chi connectivity index (χ1v) is 4.92. The molecule has 0 aliphatic rings. The van der Waals surface area contributed by atoms with Crippen LogP contribution in [-0.2, 0) is 9.53 Å². The van der Waals surface area contributed by atoms with Gasteiger partial charge in [0.15, 0.2) is 0 Å². The molecule has 3 nitrogen and oxygen atoms in total. The molecule has 0 bridgehead atoms. The van der Waals surface area contributed by atoms with E-state index < -0.39 is 5.60 Å². The summed E-state index contributed by atoms with van der Waals surface area (Å²) < 4.78 is 4.53. The van der Waals surface area contributed by atoms with E-state index in [0.717, 1.165) is 12.8 Å². The van der Waals surface area contributed by atoms with Gasteiger partial charge in [0.2, 0.25) is 0 Å². The molecule has 14 heavy (non-hydrogen) atoms. The maximum absolute atomic E-state index is 9.93. The molecule has 0 aliphatic carbocycles. The summed E-state index contributed by atoms with van der Waals surface area (Å²) in [5, 5.41) is 9.72. The molecule has 0 saturated heterocycles. The molecule has 1 N–H and O–H groups in total. The second-order valence-electron chi connectivity index (χ2n) is 4.01. The predicted octanol–water partition coefficient (Wildman–Crippen LogP) is 1.90. The number of carbonyl (C=O) groups excluding carboxylic acids is 1. The van der Waals surface area contributed by atoms with Crippen molar-refractivity contribution in [3.63, 3.8) is 0 Å². The summed E-state index contributed by atoms with van der Waals surface area (Å²) in [6.45, 7) is 7.88. The van der Waals surface area contributed by atoms with E-state index in [-0.39, 0.29) is 6.61 Å². The molecule has 0 aromatic heterocycles. The molecular weight excluding hydrogens is 180 g/mol. The summed E-state index contributed by atoms with van der Waals surface area (Å²) in [5.74, 6) is 0.470. The summed E-state index contributed by atoms with van der Waals surface area (Å²) in [7, 11) is 0. The topological polar surface area (TPSA) is 46.5 Å². The SMILES string of the molecule is C=CC(C)CCCC(C)(O)COC=O. The highest BCUT2D eigenvalue weighted by Gasteiger charge is 2.20. The van der Waals surface area contributed by atoms with Crippen LogP contribution in [0.1, 0.15) is 33.1 Å². The Morgan fingerprint density at radius 3 is 2.79 bits per heavy atom. The molecule has 0 aromatic rings. The Morgan fingerprint density at radius 1 is 1.64 bits per heavy atom. The molecule has 2 atom stereocenters. The van der Waals surface area contributed by atoms with Crippen LogP contribution >= 0.6 is 0 Å². The van der Waals surface area contributed by atoms with Gasteiger partial charge < -0.3 is 9.84 Å². The molecule has 0 aliphatic heterocycles. The van der Waals surface area contributed by atoms with Crippen LogP contribution in [0.4, 0.5) is 0 Å². The molecule has 0 radical (unpaired) electrons. The van der Waals surface area contributed by atoms with Gasteiger partial charge in [0.1, 0.15) is 6.61 Å². The average molecular weight is 200 g/mol. The molecule has 0 heterocycles. The zero-order chi connectivity index (χ0) is 11.0. The van der Waals surface area contributed by atoms with Crippen LogP contribution < -0.4 is 0 Å². The van der Waals surface area contributed by atoms with Gasteiger partial charge in [-0.1, -0.05) is 13.0 Å². The minimum Gasteiger partial charge on any atom is -0.465 e. The van der Waals surface area contributed by atoms with E-state index in [1.54, 1.807) is 6.92 Å². The van der Waals surface area contributed by atoms with E-state index >= 15 is 0 Å². The van der Waals surface area contributed by atoms with Gasteiger partial charge in [0.05, 0.1) is 5.60 Å². The lowest BCUT2D eigenvalue weighted by Crippen LogP contribution is -2.30. The number of hydrogen-bond donors (Lipinski definition) is 1.